The zero-order valence-corrected chi connectivity index (χ0v) is 18.4. The Morgan fingerprint density at radius 3 is 2.72 bits per heavy atom. The molecule has 4 aromatic rings. The molecule has 6 heteroatoms. The molecule has 1 saturated carbocycles. The van der Waals surface area contributed by atoms with Crippen LogP contribution in [0.15, 0.2) is 59.7 Å². The number of carbonyl (C=O) groups is 1. The fraction of sp³-hybridized carbons (Fsp3) is 0.308. The first-order valence-corrected chi connectivity index (χ1v) is 11.1. The van der Waals surface area contributed by atoms with Gasteiger partial charge in [-0.2, -0.15) is 0 Å². The highest BCUT2D eigenvalue weighted by Gasteiger charge is 2.20. The van der Waals surface area contributed by atoms with E-state index in [1.807, 2.05) is 54.4 Å². The van der Waals surface area contributed by atoms with Gasteiger partial charge in [-0.1, -0.05) is 18.9 Å². The summed E-state index contributed by atoms with van der Waals surface area (Å²) in [6.07, 6.45) is 8.46. The van der Waals surface area contributed by atoms with Crippen LogP contribution in [0.3, 0.4) is 0 Å². The lowest BCUT2D eigenvalue weighted by molar-refractivity contribution is 0.0773. The van der Waals surface area contributed by atoms with Crippen molar-refractivity contribution >= 4 is 27.7 Å². The van der Waals surface area contributed by atoms with Gasteiger partial charge in [-0.15, -0.1) is 0 Å². The highest BCUT2D eigenvalue weighted by Crippen LogP contribution is 2.26. The molecule has 1 fully saturated rings. The lowest BCUT2D eigenvalue weighted by atomic mass is 10.1. The average molecular weight is 427 g/mol. The Balaban J connectivity index is 1.47. The number of nitrogens with zero attached hydrogens (tertiary/aromatic N) is 4. The third-order valence-corrected chi connectivity index (χ3v) is 6.52. The van der Waals surface area contributed by atoms with Gasteiger partial charge < -0.3 is 9.47 Å². The maximum absolute atomic E-state index is 13.0. The SMILES string of the molecule is CN(CC1CCCC1)C(=O)c1ccc2ncc(-c3ccc4c(=O)n(C)ccc4c3)nc2c1. The molecule has 0 N–H and O–H groups in total. The van der Waals surface area contributed by atoms with E-state index in [1.165, 1.54) is 25.7 Å². The second-order valence-electron chi connectivity index (χ2n) is 8.83. The van der Waals surface area contributed by atoms with Gasteiger partial charge in [0.25, 0.3) is 11.5 Å². The van der Waals surface area contributed by atoms with Gasteiger partial charge in [0.15, 0.2) is 0 Å². The van der Waals surface area contributed by atoms with Crippen molar-refractivity contribution in [2.24, 2.45) is 13.0 Å². The van der Waals surface area contributed by atoms with E-state index < -0.39 is 0 Å². The predicted octanol–water partition coefficient (Wildman–Crippen LogP) is 4.41. The van der Waals surface area contributed by atoms with Crippen LogP contribution in [-0.4, -0.2) is 38.9 Å². The van der Waals surface area contributed by atoms with Gasteiger partial charge in [0.05, 0.1) is 22.9 Å². The Labute approximate surface area is 186 Å². The van der Waals surface area contributed by atoms with Crippen molar-refractivity contribution in [3.8, 4) is 11.3 Å². The number of amides is 1. The number of carbonyl (C=O) groups excluding carboxylic acids is 1. The Kier molecular flexibility index (Phi) is 5.21. The first-order valence-electron chi connectivity index (χ1n) is 11.1. The van der Waals surface area contributed by atoms with Crippen molar-refractivity contribution in [1.29, 1.82) is 0 Å². The second kappa shape index (κ2) is 8.19. The molecule has 6 nitrogen and oxygen atoms in total. The predicted molar refractivity (Wildman–Crippen MR) is 127 cm³/mol. The van der Waals surface area contributed by atoms with E-state index in [-0.39, 0.29) is 11.5 Å². The number of fused-ring (bicyclic) bond motifs is 2. The van der Waals surface area contributed by atoms with Crippen molar-refractivity contribution in [2.75, 3.05) is 13.6 Å². The molecule has 1 aliphatic rings. The molecule has 32 heavy (non-hydrogen) atoms. The topological polar surface area (TPSA) is 68.1 Å². The third-order valence-electron chi connectivity index (χ3n) is 6.52. The summed E-state index contributed by atoms with van der Waals surface area (Å²) in [4.78, 5) is 36.5. The Morgan fingerprint density at radius 1 is 1.09 bits per heavy atom. The van der Waals surface area contributed by atoms with Gasteiger partial charge >= 0.3 is 0 Å². The molecule has 0 aliphatic heterocycles. The summed E-state index contributed by atoms with van der Waals surface area (Å²) in [5.74, 6) is 0.632. The molecular formula is C26H26N4O2. The molecule has 162 valence electrons. The van der Waals surface area contributed by atoms with E-state index in [9.17, 15) is 9.59 Å². The van der Waals surface area contributed by atoms with E-state index in [0.29, 0.717) is 28.1 Å². The standard InChI is InChI=1S/C26H26N4O2/c1-29-12-11-18-13-19(7-9-21(18)26(29)32)24-15-27-22-10-8-20(14-23(22)28-24)25(31)30(2)16-17-5-3-4-6-17/h7-15,17H,3-6,16H2,1-2H3. The van der Waals surface area contributed by atoms with Gasteiger partial charge in [-0.05, 0) is 60.5 Å². The summed E-state index contributed by atoms with van der Waals surface area (Å²) in [6.45, 7) is 0.805. The molecule has 5 rings (SSSR count). The van der Waals surface area contributed by atoms with Crippen LogP contribution in [0, 0.1) is 5.92 Å². The second-order valence-corrected chi connectivity index (χ2v) is 8.83. The Morgan fingerprint density at radius 2 is 1.91 bits per heavy atom. The van der Waals surface area contributed by atoms with Crippen LogP contribution in [0.25, 0.3) is 33.1 Å². The van der Waals surface area contributed by atoms with Crippen molar-refractivity contribution in [3.05, 3.63) is 70.8 Å². The van der Waals surface area contributed by atoms with Gasteiger partial charge in [0, 0.05) is 43.4 Å². The molecule has 2 aromatic carbocycles. The van der Waals surface area contributed by atoms with Crippen molar-refractivity contribution in [2.45, 2.75) is 25.7 Å². The molecule has 0 bridgehead atoms. The Bertz CT molecular complexity index is 1390. The molecule has 1 aliphatic carbocycles. The third kappa shape index (κ3) is 3.77. The number of aromatic nitrogens is 3. The van der Waals surface area contributed by atoms with Crippen LogP contribution in [0.5, 0.6) is 0 Å². The summed E-state index contributed by atoms with van der Waals surface area (Å²) in [5.41, 5.74) is 3.64. The molecule has 0 spiro atoms. The molecule has 0 atom stereocenters. The summed E-state index contributed by atoms with van der Waals surface area (Å²) < 4.78 is 1.57. The van der Waals surface area contributed by atoms with Crippen molar-refractivity contribution < 1.29 is 4.79 Å². The molecule has 2 aromatic heterocycles. The summed E-state index contributed by atoms with van der Waals surface area (Å²) in [5, 5.41) is 1.54. The molecule has 0 saturated heterocycles. The van der Waals surface area contributed by atoms with E-state index in [1.54, 1.807) is 24.0 Å². The maximum Gasteiger partial charge on any atom is 0.258 e. The van der Waals surface area contributed by atoms with Gasteiger partial charge in [0.1, 0.15) is 0 Å². The van der Waals surface area contributed by atoms with Gasteiger partial charge in [-0.3, -0.25) is 14.6 Å². The van der Waals surface area contributed by atoms with Crippen LogP contribution in [0.4, 0.5) is 0 Å². The maximum atomic E-state index is 13.0. The van der Waals surface area contributed by atoms with Crippen molar-refractivity contribution in [1.82, 2.24) is 19.4 Å². The summed E-state index contributed by atoms with van der Waals surface area (Å²) >= 11 is 0. The first kappa shape index (κ1) is 20.4. The summed E-state index contributed by atoms with van der Waals surface area (Å²) in [6, 6.07) is 13.1. The molecule has 0 radical (unpaired) electrons. The zero-order valence-electron chi connectivity index (χ0n) is 18.4. The van der Waals surface area contributed by atoms with Crippen molar-refractivity contribution in [3.63, 3.8) is 0 Å². The number of hydrogen-bond acceptors (Lipinski definition) is 4. The van der Waals surface area contributed by atoms with Gasteiger partial charge in [0.2, 0.25) is 0 Å². The van der Waals surface area contributed by atoms with E-state index in [0.717, 1.165) is 23.0 Å². The first-order chi connectivity index (χ1) is 15.5. The number of rotatable bonds is 4. The smallest absolute Gasteiger partial charge is 0.258 e. The fourth-order valence-electron chi connectivity index (χ4n) is 4.67. The highest BCUT2D eigenvalue weighted by atomic mass is 16.2. The van der Waals surface area contributed by atoms with Crippen LogP contribution >= 0.6 is 0 Å². The average Bonchev–Trinajstić information content (AvgIpc) is 3.33. The quantitative estimate of drug-likeness (QED) is 0.485. The largest absolute Gasteiger partial charge is 0.341 e. The number of aryl methyl sites for hydroxylation is 1. The summed E-state index contributed by atoms with van der Waals surface area (Å²) in [7, 11) is 3.63. The van der Waals surface area contributed by atoms with E-state index >= 15 is 0 Å². The Hall–Kier alpha value is -3.54. The number of pyridine rings is 1. The normalized spacial score (nSPS) is 14.3. The molecule has 0 unspecified atom stereocenters. The van der Waals surface area contributed by atoms with E-state index in [2.05, 4.69) is 4.98 Å². The number of benzene rings is 2. The molecular weight excluding hydrogens is 400 g/mol. The van der Waals surface area contributed by atoms with Crippen LogP contribution in [-0.2, 0) is 7.05 Å². The van der Waals surface area contributed by atoms with Crippen LogP contribution < -0.4 is 5.56 Å². The minimum absolute atomic E-state index is 0.0209. The molecule has 2 heterocycles. The number of hydrogen-bond donors (Lipinski definition) is 0. The van der Waals surface area contributed by atoms with E-state index in [4.69, 9.17) is 4.98 Å². The lowest BCUT2D eigenvalue weighted by Crippen LogP contribution is -2.31. The van der Waals surface area contributed by atoms with Crippen LogP contribution in [0.2, 0.25) is 0 Å². The minimum atomic E-state index is -0.0245. The minimum Gasteiger partial charge on any atom is -0.341 e. The zero-order chi connectivity index (χ0) is 22.2. The van der Waals surface area contributed by atoms with Gasteiger partial charge in [-0.25, -0.2) is 4.98 Å². The molecule has 1 amide bonds. The van der Waals surface area contributed by atoms with Crippen LogP contribution in [0.1, 0.15) is 36.0 Å². The fourth-order valence-corrected chi connectivity index (χ4v) is 4.67. The monoisotopic (exact) mass is 426 g/mol. The highest BCUT2D eigenvalue weighted by molar-refractivity contribution is 5.97. The lowest BCUT2D eigenvalue weighted by Gasteiger charge is -2.21.